The van der Waals surface area contributed by atoms with Crippen LogP contribution in [0.15, 0.2) is 29.3 Å². The van der Waals surface area contributed by atoms with Crippen LogP contribution in [0.5, 0.6) is 0 Å². The van der Waals surface area contributed by atoms with Gasteiger partial charge in [-0.1, -0.05) is 45.0 Å². The Labute approximate surface area is 203 Å². The van der Waals surface area contributed by atoms with Crippen LogP contribution in [0.3, 0.4) is 0 Å². The molecule has 0 saturated carbocycles. The molecule has 1 aromatic heterocycles. The van der Waals surface area contributed by atoms with Gasteiger partial charge in [-0.25, -0.2) is 4.99 Å². The van der Waals surface area contributed by atoms with E-state index in [9.17, 15) is 0 Å². The number of aryl methyl sites for hydroxylation is 2. The van der Waals surface area contributed by atoms with E-state index < -0.39 is 0 Å². The Kier molecular flexibility index (Phi) is 11.8. The summed E-state index contributed by atoms with van der Waals surface area (Å²) in [4.78, 5) is 4.75. The molecule has 0 saturated heterocycles. The Morgan fingerprint density at radius 1 is 1.17 bits per heavy atom. The van der Waals surface area contributed by atoms with Crippen LogP contribution in [0.25, 0.3) is 0 Å². The van der Waals surface area contributed by atoms with E-state index in [-0.39, 0.29) is 29.4 Å². The minimum Gasteiger partial charge on any atom is -0.356 e. The third-order valence-electron chi connectivity index (χ3n) is 5.22. The van der Waals surface area contributed by atoms with Gasteiger partial charge in [-0.15, -0.1) is 34.2 Å². The van der Waals surface area contributed by atoms with Crippen molar-refractivity contribution < 1.29 is 0 Å². The first-order valence-corrected chi connectivity index (χ1v) is 11.7. The maximum Gasteiger partial charge on any atom is 0.191 e. The summed E-state index contributed by atoms with van der Waals surface area (Å²) in [6.07, 6.45) is 4.31. The van der Waals surface area contributed by atoms with Crippen molar-refractivity contribution in [2.24, 2.45) is 12.0 Å². The molecular weight excluding hydrogens is 507 g/mol. The molecule has 2 N–H and O–H groups in total. The summed E-state index contributed by atoms with van der Waals surface area (Å²) in [6, 6.07) is 8.93. The van der Waals surface area contributed by atoms with Gasteiger partial charge in [0.1, 0.15) is 12.4 Å². The number of rotatable bonds is 10. The van der Waals surface area contributed by atoms with E-state index in [1.165, 1.54) is 11.1 Å². The molecule has 2 aromatic rings. The molecule has 168 valence electrons. The average Bonchev–Trinajstić information content (AvgIpc) is 3.04. The zero-order chi connectivity index (χ0) is 21.3. The van der Waals surface area contributed by atoms with E-state index >= 15 is 0 Å². The predicted octanol–water partition coefficient (Wildman–Crippen LogP) is 4.07. The van der Waals surface area contributed by atoms with Crippen molar-refractivity contribution in [3.05, 3.63) is 47.0 Å². The quantitative estimate of drug-likeness (QED) is 0.204. The lowest BCUT2D eigenvalue weighted by atomic mass is 9.84. The molecule has 0 fully saturated rings. The number of hydrogen-bond donors (Lipinski definition) is 2. The Bertz CT molecular complexity index is 785. The molecule has 0 atom stereocenters. The number of benzene rings is 1. The predicted molar refractivity (Wildman–Crippen MR) is 140 cm³/mol. The number of aliphatic imine (C=N–C) groups is 1. The van der Waals surface area contributed by atoms with Gasteiger partial charge in [0.25, 0.3) is 0 Å². The van der Waals surface area contributed by atoms with Crippen molar-refractivity contribution in [3.8, 4) is 0 Å². The normalized spacial score (nSPS) is 11.9. The van der Waals surface area contributed by atoms with Gasteiger partial charge in [-0.3, -0.25) is 0 Å². The van der Waals surface area contributed by atoms with Gasteiger partial charge in [-0.2, -0.15) is 11.8 Å². The molecule has 1 aromatic carbocycles. The van der Waals surface area contributed by atoms with Crippen molar-refractivity contribution in [2.45, 2.75) is 52.5 Å². The minimum atomic E-state index is -0.00460. The Balaban J connectivity index is 0.00000450. The van der Waals surface area contributed by atoms with Crippen LogP contribution in [-0.4, -0.2) is 45.8 Å². The standard InChI is InChI=1S/C22H36N6S.HI/c1-7-18-9-11-19(12-10-18)22(3,4)16-25-21(23-13-8-14-29-6)24-15-20-27-26-17(2)28(20)5;/h9-12H,7-8,13-16H2,1-6H3,(H2,23,24,25);1H. The molecule has 30 heavy (non-hydrogen) atoms. The maximum absolute atomic E-state index is 4.75. The Morgan fingerprint density at radius 2 is 1.87 bits per heavy atom. The number of aromatic nitrogens is 3. The third kappa shape index (κ3) is 8.09. The van der Waals surface area contributed by atoms with Gasteiger partial charge < -0.3 is 15.2 Å². The maximum atomic E-state index is 4.75. The van der Waals surface area contributed by atoms with Crippen LogP contribution >= 0.6 is 35.7 Å². The molecule has 0 radical (unpaired) electrons. The van der Waals surface area contributed by atoms with Crippen molar-refractivity contribution in [1.82, 2.24) is 25.4 Å². The SMILES string of the molecule is CCc1ccc(C(C)(C)CNC(=NCc2nnc(C)n2C)NCCCSC)cc1.I. The van der Waals surface area contributed by atoms with Crippen molar-refractivity contribution in [1.29, 1.82) is 0 Å². The Hall–Kier alpha value is -1.29. The van der Waals surface area contributed by atoms with Gasteiger partial charge in [0.15, 0.2) is 11.8 Å². The number of thioether (sulfide) groups is 1. The second kappa shape index (κ2) is 13.2. The van der Waals surface area contributed by atoms with Gasteiger partial charge in [-0.05, 0) is 42.9 Å². The molecule has 0 spiro atoms. The average molecular weight is 545 g/mol. The largest absolute Gasteiger partial charge is 0.356 e. The summed E-state index contributed by atoms with van der Waals surface area (Å²) in [5.41, 5.74) is 2.69. The van der Waals surface area contributed by atoms with E-state index in [1.807, 2.05) is 30.3 Å². The molecule has 0 aliphatic heterocycles. The smallest absolute Gasteiger partial charge is 0.191 e. The fraction of sp³-hybridized carbons (Fsp3) is 0.591. The molecule has 0 aliphatic rings. The summed E-state index contributed by atoms with van der Waals surface area (Å²) in [6.45, 7) is 10.9. The fourth-order valence-corrected chi connectivity index (χ4v) is 3.37. The van der Waals surface area contributed by atoms with Gasteiger partial charge in [0, 0.05) is 25.6 Å². The topological polar surface area (TPSA) is 67.1 Å². The van der Waals surface area contributed by atoms with Crippen molar-refractivity contribution in [3.63, 3.8) is 0 Å². The molecule has 2 rings (SSSR count). The first-order chi connectivity index (χ1) is 13.9. The molecule has 0 aliphatic carbocycles. The monoisotopic (exact) mass is 544 g/mol. The lowest BCUT2D eigenvalue weighted by Crippen LogP contribution is -2.44. The van der Waals surface area contributed by atoms with Crippen LogP contribution in [0, 0.1) is 6.92 Å². The number of nitrogens with one attached hydrogen (secondary N) is 2. The van der Waals surface area contributed by atoms with Crippen LogP contribution in [0.1, 0.15) is 50.0 Å². The summed E-state index contributed by atoms with van der Waals surface area (Å²) < 4.78 is 1.98. The van der Waals surface area contributed by atoms with Crippen LogP contribution in [-0.2, 0) is 25.4 Å². The molecule has 0 unspecified atom stereocenters. The van der Waals surface area contributed by atoms with Gasteiger partial charge >= 0.3 is 0 Å². The highest BCUT2D eigenvalue weighted by molar-refractivity contribution is 14.0. The zero-order valence-electron chi connectivity index (χ0n) is 19.2. The molecular formula is C22H37IN6S. The van der Waals surface area contributed by atoms with Gasteiger partial charge in [0.05, 0.1) is 0 Å². The van der Waals surface area contributed by atoms with Crippen LogP contribution in [0.4, 0.5) is 0 Å². The number of nitrogens with zero attached hydrogens (tertiary/aromatic N) is 4. The van der Waals surface area contributed by atoms with Crippen LogP contribution < -0.4 is 10.6 Å². The summed E-state index contributed by atoms with van der Waals surface area (Å²) in [5.74, 6) is 3.72. The molecule has 1 heterocycles. The van der Waals surface area contributed by atoms with E-state index in [0.717, 1.165) is 49.3 Å². The first kappa shape index (κ1) is 26.7. The van der Waals surface area contributed by atoms with E-state index in [1.54, 1.807) is 0 Å². The second-order valence-corrected chi connectivity index (χ2v) is 8.93. The van der Waals surface area contributed by atoms with Gasteiger partial charge in [0.2, 0.25) is 0 Å². The number of guanidine groups is 1. The molecule has 0 amide bonds. The molecule has 8 heteroatoms. The lowest BCUT2D eigenvalue weighted by Gasteiger charge is -2.27. The highest BCUT2D eigenvalue weighted by Crippen LogP contribution is 2.22. The van der Waals surface area contributed by atoms with E-state index in [0.29, 0.717) is 6.54 Å². The van der Waals surface area contributed by atoms with E-state index in [4.69, 9.17) is 4.99 Å². The fourth-order valence-electron chi connectivity index (χ4n) is 2.93. The Morgan fingerprint density at radius 3 is 2.43 bits per heavy atom. The summed E-state index contributed by atoms with van der Waals surface area (Å²) in [5, 5.41) is 15.3. The number of halogens is 1. The van der Waals surface area contributed by atoms with Crippen molar-refractivity contribution in [2.75, 3.05) is 25.1 Å². The minimum absolute atomic E-state index is 0. The molecule has 0 bridgehead atoms. The third-order valence-corrected chi connectivity index (χ3v) is 5.92. The first-order valence-electron chi connectivity index (χ1n) is 10.3. The molecule has 6 nitrogen and oxygen atoms in total. The van der Waals surface area contributed by atoms with E-state index in [2.05, 4.69) is 72.1 Å². The lowest BCUT2D eigenvalue weighted by molar-refractivity contribution is 0.508. The zero-order valence-corrected chi connectivity index (χ0v) is 22.3. The van der Waals surface area contributed by atoms with Crippen molar-refractivity contribution >= 4 is 41.7 Å². The summed E-state index contributed by atoms with van der Waals surface area (Å²) in [7, 11) is 1.97. The highest BCUT2D eigenvalue weighted by Gasteiger charge is 2.21. The summed E-state index contributed by atoms with van der Waals surface area (Å²) >= 11 is 1.86. The second-order valence-electron chi connectivity index (χ2n) is 7.95. The highest BCUT2D eigenvalue weighted by atomic mass is 127. The van der Waals surface area contributed by atoms with Crippen LogP contribution in [0.2, 0.25) is 0 Å². The number of hydrogen-bond acceptors (Lipinski definition) is 4.